The number of hydrogen-bond acceptors (Lipinski definition) is 8. The van der Waals surface area contributed by atoms with Gasteiger partial charge in [0.15, 0.2) is 5.65 Å². The van der Waals surface area contributed by atoms with Gasteiger partial charge in [-0.25, -0.2) is 14.6 Å². The molecule has 3 fully saturated rings. The summed E-state index contributed by atoms with van der Waals surface area (Å²) < 4.78 is 1.90. The quantitative estimate of drug-likeness (QED) is 0.305. The molecule has 0 radical (unpaired) electrons. The number of amides is 2. The van der Waals surface area contributed by atoms with E-state index >= 15 is 0 Å². The van der Waals surface area contributed by atoms with Gasteiger partial charge in [-0.05, 0) is 77.1 Å². The highest BCUT2D eigenvalue weighted by molar-refractivity contribution is 5.87. The van der Waals surface area contributed by atoms with Gasteiger partial charge in [-0.1, -0.05) is 19.4 Å². The zero-order valence-electron chi connectivity index (χ0n) is 27.3. The Hall–Kier alpha value is -3.60. The summed E-state index contributed by atoms with van der Waals surface area (Å²) in [5, 5.41) is 5.58. The predicted molar refractivity (Wildman–Crippen MR) is 175 cm³/mol. The Balaban J connectivity index is 1.01. The highest BCUT2D eigenvalue weighted by Crippen LogP contribution is 2.34. The maximum atomic E-state index is 13.6. The molecular weight excluding hydrogens is 566 g/mol. The Morgan fingerprint density at radius 1 is 0.911 bits per heavy atom. The average molecular weight is 616 g/mol. The second-order valence-corrected chi connectivity index (χ2v) is 13.5. The maximum absolute atomic E-state index is 13.6. The van der Waals surface area contributed by atoms with Gasteiger partial charge in [0, 0.05) is 63.3 Å². The van der Waals surface area contributed by atoms with Crippen LogP contribution in [0.5, 0.6) is 0 Å². The minimum absolute atomic E-state index is 0.0931. The number of carbonyl (C=O) groups is 2. The van der Waals surface area contributed by atoms with E-state index in [1.54, 1.807) is 6.33 Å². The fourth-order valence-corrected chi connectivity index (χ4v) is 6.92. The van der Waals surface area contributed by atoms with E-state index in [1.165, 1.54) is 0 Å². The van der Waals surface area contributed by atoms with Crippen LogP contribution in [0.15, 0.2) is 30.7 Å². The lowest BCUT2D eigenvalue weighted by molar-refractivity contribution is -0.138. The molecule has 3 aromatic heterocycles. The summed E-state index contributed by atoms with van der Waals surface area (Å²) in [6, 6.07) is 6.17. The molecule has 2 saturated carbocycles. The average Bonchev–Trinajstić information content (AvgIpc) is 3.83. The molecule has 2 amide bonds. The topological polar surface area (TPSA) is 104 Å². The van der Waals surface area contributed by atoms with Crippen LogP contribution in [-0.2, 0) is 22.6 Å². The van der Waals surface area contributed by atoms with Crippen LogP contribution < -0.4 is 4.90 Å². The number of fused-ring (bicyclic) bond motifs is 1. The molecule has 3 aromatic rings. The van der Waals surface area contributed by atoms with E-state index in [0.29, 0.717) is 37.4 Å². The number of likely N-dealkylation sites (N-methyl/N-ethyl adjacent to an activating group) is 1. The smallest absolute Gasteiger partial charge is 0.225 e. The van der Waals surface area contributed by atoms with E-state index < -0.39 is 0 Å². The monoisotopic (exact) mass is 615 g/mol. The summed E-state index contributed by atoms with van der Waals surface area (Å²) in [6.45, 7) is 8.13. The van der Waals surface area contributed by atoms with Crippen LogP contribution in [0.4, 0.5) is 5.82 Å². The molecule has 0 bridgehead atoms. The third kappa shape index (κ3) is 7.62. The van der Waals surface area contributed by atoms with E-state index in [9.17, 15) is 9.59 Å². The number of aryl methyl sites for hydroxylation is 1. The number of aromatic nitrogens is 5. The summed E-state index contributed by atoms with van der Waals surface area (Å²) in [5.74, 6) is 2.36. The van der Waals surface area contributed by atoms with Crippen LogP contribution in [-0.4, -0.2) is 111 Å². The molecule has 0 unspecified atom stereocenters. The van der Waals surface area contributed by atoms with Crippen LogP contribution in [0.3, 0.4) is 0 Å². The molecule has 0 spiro atoms. The zero-order valence-corrected chi connectivity index (χ0v) is 27.3. The van der Waals surface area contributed by atoms with E-state index in [4.69, 9.17) is 4.98 Å². The number of piperazine rings is 1. The summed E-state index contributed by atoms with van der Waals surface area (Å²) in [4.78, 5) is 49.0. The van der Waals surface area contributed by atoms with Crippen molar-refractivity contribution in [3.63, 3.8) is 0 Å². The number of rotatable bonds is 12. The third-order valence-corrected chi connectivity index (χ3v) is 9.72. The van der Waals surface area contributed by atoms with Gasteiger partial charge in [-0.3, -0.25) is 14.6 Å². The molecule has 6 rings (SSSR count). The SMILES string of the molecule is CCCc1cccc(Cn2ncc3c(N4CCN(C(=O)C5CCC(CN(CCN(C)C)C(=O)C6CC6)CC5)CC4)ncnc32)n1. The molecule has 3 aliphatic rings. The van der Waals surface area contributed by atoms with Crippen molar-refractivity contribution in [2.45, 2.75) is 64.8 Å². The molecule has 1 aliphatic heterocycles. The Labute approximate surface area is 267 Å². The molecule has 2 aliphatic carbocycles. The molecule has 11 nitrogen and oxygen atoms in total. The van der Waals surface area contributed by atoms with Gasteiger partial charge in [-0.2, -0.15) is 5.10 Å². The first-order valence-corrected chi connectivity index (χ1v) is 17.0. The standard InChI is InChI=1S/C34H49N9O2/c1-4-6-28-7-5-8-29(38-28)23-43-32-30(21-37-43)31(35-24-36-32)40-17-19-41(20-18-40)33(44)26-11-9-25(10-12-26)22-42(16-15-39(2)3)34(45)27-13-14-27/h5,7-8,21,24-27H,4,6,9-20,22-23H2,1-3H3. The van der Waals surface area contributed by atoms with Crippen molar-refractivity contribution < 1.29 is 9.59 Å². The first-order chi connectivity index (χ1) is 21.9. The summed E-state index contributed by atoms with van der Waals surface area (Å²) in [5.41, 5.74) is 2.88. The van der Waals surface area contributed by atoms with Crippen molar-refractivity contribution in [2.24, 2.45) is 17.8 Å². The molecule has 1 saturated heterocycles. The Morgan fingerprint density at radius 3 is 2.36 bits per heavy atom. The first kappa shape index (κ1) is 31.4. The lowest BCUT2D eigenvalue weighted by atomic mass is 9.81. The molecule has 0 atom stereocenters. The van der Waals surface area contributed by atoms with Crippen molar-refractivity contribution in [1.82, 2.24) is 39.4 Å². The molecule has 242 valence electrons. The summed E-state index contributed by atoms with van der Waals surface area (Å²) in [6.07, 6.45) is 11.5. The van der Waals surface area contributed by atoms with E-state index in [2.05, 4.69) is 67.8 Å². The van der Waals surface area contributed by atoms with Crippen molar-refractivity contribution >= 4 is 28.7 Å². The largest absolute Gasteiger partial charge is 0.352 e. The second-order valence-electron chi connectivity index (χ2n) is 13.5. The molecule has 4 heterocycles. The number of hydrogen-bond donors (Lipinski definition) is 0. The number of pyridine rings is 1. The Bertz CT molecular complexity index is 1450. The number of anilines is 1. The van der Waals surface area contributed by atoms with E-state index in [-0.39, 0.29) is 11.8 Å². The van der Waals surface area contributed by atoms with Crippen LogP contribution >= 0.6 is 0 Å². The maximum Gasteiger partial charge on any atom is 0.225 e. The summed E-state index contributed by atoms with van der Waals surface area (Å²) >= 11 is 0. The lowest BCUT2D eigenvalue weighted by Crippen LogP contribution is -2.51. The third-order valence-electron chi connectivity index (χ3n) is 9.72. The van der Waals surface area contributed by atoms with Gasteiger partial charge in [0.2, 0.25) is 11.8 Å². The van der Waals surface area contributed by atoms with Crippen LogP contribution in [0, 0.1) is 17.8 Å². The molecule has 11 heteroatoms. The van der Waals surface area contributed by atoms with E-state index in [0.717, 1.165) is 112 Å². The van der Waals surface area contributed by atoms with Crippen molar-refractivity contribution in [3.05, 3.63) is 42.1 Å². The summed E-state index contributed by atoms with van der Waals surface area (Å²) in [7, 11) is 4.12. The highest BCUT2D eigenvalue weighted by atomic mass is 16.2. The Morgan fingerprint density at radius 2 is 1.64 bits per heavy atom. The van der Waals surface area contributed by atoms with Gasteiger partial charge in [0.05, 0.1) is 23.8 Å². The van der Waals surface area contributed by atoms with Crippen molar-refractivity contribution in [1.29, 1.82) is 0 Å². The van der Waals surface area contributed by atoms with Gasteiger partial charge < -0.3 is 19.6 Å². The minimum Gasteiger partial charge on any atom is -0.352 e. The fraction of sp³-hybridized carbons (Fsp3) is 0.647. The second kappa shape index (κ2) is 14.2. The normalized spacial score (nSPS) is 20.6. The lowest BCUT2D eigenvalue weighted by Gasteiger charge is -2.39. The van der Waals surface area contributed by atoms with Crippen LogP contribution in [0.1, 0.15) is 63.3 Å². The van der Waals surface area contributed by atoms with Gasteiger partial charge in [0.25, 0.3) is 0 Å². The van der Waals surface area contributed by atoms with Gasteiger partial charge in [0.1, 0.15) is 12.1 Å². The van der Waals surface area contributed by atoms with Crippen LogP contribution in [0.25, 0.3) is 11.0 Å². The predicted octanol–water partition coefficient (Wildman–Crippen LogP) is 3.48. The highest BCUT2D eigenvalue weighted by Gasteiger charge is 2.36. The van der Waals surface area contributed by atoms with Crippen LogP contribution in [0.2, 0.25) is 0 Å². The van der Waals surface area contributed by atoms with Gasteiger partial charge in [-0.15, -0.1) is 0 Å². The minimum atomic E-state index is 0.0931. The molecule has 0 N–H and O–H groups in total. The van der Waals surface area contributed by atoms with Gasteiger partial charge >= 0.3 is 0 Å². The fourth-order valence-electron chi connectivity index (χ4n) is 6.92. The Kier molecular flexibility index (Phi) is 9.92. The van der Waals surface area contributed by atoms with Crippen molar-refractivity contribution in [2.75, 3.05) is 64.8 Å². The molecule has 0 aromatic carbocycles. The molecular formula is C34H49N9O2. The number of carbonyl (C=O) groups excluding carboxylic acids is 2. The number of nitrogens with zero attached hydrogens (tertiary/aromatic N) is 9. The zero-order chi connectivity index (χ0) is 31.3. The van der Waals surface area contributed by atoms with E-state index in [1.807, 2.05) is 16.9 Å². The van der Waals surface area contributed by atoms with Crippen molar-refractivity contribution in [3.8, 4) is 0 Å². The molecule has 45 heavy (non-hydrogen) atoms. The first-order valence-electron chi connectivity index (χ1n) is 17.0.